The van der Waals surface area contributed by atoms with Crippen molar-refractivity contribution in [3.63, 3.8) is 0 Å². The number of hydrogen-bond acceptors (Lipinski definition) is 6. The molecule has 8 nitrogen and oxygen atoms in total. The van der Waals surface area contributed by atoms with Crippen LogP contribution in [0.15, 0.2) is 52.6 Å². The molecule has 2 aromatic carbocycles. The number of sulfonamides is 1. The fourth-order valence-electron chi connectivity index (χ4n) is 5.29. The summed E-state index contributed by atoms with van der Waals surface area (Å²) in [5.74, 6) is -3.11. The van der Waals surface area contributed by atoms with Gasteiger partial charge in [-0.2, -0.15) is 4.31 Å². The molecule has 0 bridgehead atoms. The van der Waals surface area contributed by atoms with Crippen molar-refractivity contribution >= 4 is 32.7 Å². The van der Waals surface area contributed by atoms with Crippen molar-refractivity contribution in [2.45, 2.75) is 37.4 Å². The van der Waals surface area contributed by atoms with E-state index < -0.39 is 45.9 Å². The first-order valence-corrected chi connectivity index (χ1v) is 11.5. The Hall–Kier alpha value is -2.75. The molecule has 31 heavy (non-hydrogen) atoms. The number of carbonyl (C=O) groups is 2. The first-order chi connectivity index (χ1) is 14.6. The average molecular weight is 441 g/mol. The van der Waals surface area contributed by atoms with Crippen LogP contribution in [0.5, 0.6) is 0 Å². The summed E-state index contributed by atoms with van der Waals surface area (Å²) < 4.78 is 27.7. The van der Waals surface area contributed by atoms with E-state index in [0.29, 0.717) is 11.1 Å². The van der Waals surface area contributed by atoms with Crippen LogP contribution in [0.1, 0.15) is 19.4 Å². The molecule has 5 rings (SSSR count). The highest BCUT2D eigenvalue weighted by molar-refractivity contribution is 7.89. The summed E-state index contributed by atoms with van der Waals surface area (Å²) in [5.41, 5.74) is 0.748. The van der Waals surface area contributed by atoms with Crippen molar-refractivity contribution in [2.24, 2.45) is 11.8 Å². The Kier molecular flexibility index (Phi) is 4.31. The molecule has 2 aromatic rings. The van der Waals surface area contributed by atoms with Gasteiger partial charge in [0.1, 0.15) is 0 Å². The van der Waals surface area contributed by atoms with E-state index in [1.165, 1.54) is 11.2 Å². The Morgan fingerprint density at radius 3 is 2.65 bits per heavy atom. The summed E-state index contributed by atoms with van der Waals surface area (Å²) in [5, 5.41) is 23.6. The normalized spacial score (nSPS) is 27.9. The number of carboxylic acids is 1. The standard InChI is InChI=1S/C22H22N2O6S/c1-11-15(20(22(27)28)24-19(11)18(12(2)25)21(24)26)9-23-10-16-14-6-4-3-5-13(14)7-8-17(16)31(23,29)30/h3-8,11-12,18-19,25H,9-10H2,1-2H3,(H,27,28)/p-1/t11-,12+,18+,19+/m0/s1. The van der Waals surface area contributed by atoms with Gasteiger partial charge < -0.3 is 19.9 Å². The van der Waals surface area contributed by atoms with Gasteiger partial charge in [0.15, 0.2) is 0 Å². The van der Waals surface area contributed by atoms with Crippen molar-refractivity contribution in [3.05, 3.63) is 53.2 Å². The van der Waals surface area contributed by atoms with Crippen molar-refractivity contribution in [1.29, 1.82) is 0 Å². The van der Waals surface area contributed by atoms with Gasteiger partial charge in [-0.25, -0.2) is 8.42 Å². The molecular weight excluding hydrogens is 420 g/mol. The summed E-state index contributed by atoms with van der Waals surface area (Å²) in [6.45, 7) is 3.22. The maximum absolute atomic E-state index is 13.2. The minimum absolute atomic E-state index is 0.119. The van der Waals surface area contributed by atoms with Crippen LogP contribution < -0.4 is 5.11 Å². The van der Waals surface area contributed by atoms with Crippen LogP contribution in [0.3, 0.4) is 0 Å². The van der Waals surface area contributed by atoms with E-state index in [0.717, 1.165) is 15.7 Å². The minimum atomic E-state index is -3.82. The number of amides is 1. The lowest BCUT2D eigenvalue weighted by molar-refractivity contribution is -0.301. The van der Waals surface area contributed by atoms with Crippen LogP contribution in [0, 0.1) is 11.8 Å². The zero-order valence-corrected chi connectivity index (χ0v) is 17.8. The molecule has 9 heteroatoms. The van der Waals surface area contributed by atoms with Crippen molar-refractivity contribution in [2.75, 3.05) is 6.54 Å². The van der Waals surface area contributed by atoms with Gasteiger partial charge in [0.05, 0.1) is 34.6 Å². The number of aliphatic hydroxyl groups is 1. The third-order valence-electron chi connectivity index (χ3n) is 6.81. The van der Waals surface area contributed by atoms with Gasteiger partial charge in [0.25, 0.3) is 0 Å². The van der Waals surface area contributed by atoms with Crippen LogP contribution in [-0.4, -0.2) is 53.3 Å². The molecule has 0 aromatic heterocycles. The smallest absolute Gasteiger partial charge is 0.244 e. The quantitative estimate of drug-likeness (QED) is 0.678. The van der Waals surface area contributed by atoms with Crippen molar-refractivity contribution < 1.29 is 28.2 Å². The van der Waals surface area contributed by atoms with Gasteiger partial charge in [-0.15, -0.1) is 0 Å². The molecule has 1 saturated heterocycles. The van der Waals surface area contributed by atoms with Crippen molar-refractivity contribution in [3.8, 4) is 0 Å². The Morgan fingerprint density at radius 1 is 1.26 bits per heavy atom. The fourth-order valence-corrected chi connectivity index (χ4v) is 6.91. The first kappa shape index (κ1) is 20.2. The molecule has 0 spiro atoms. The second-order valence-corrected chi connectivity index (χ2v) is 10.4. The molecule has 3 aliphatic rings. The van der Waals surface area contributed by atoms with Crippen LogP contribution >= 0.6 is 0 Å². The van der Waals surface area contributed by atoms with Crippen LogP contribution in [0.4, 0.5) is 0 Å². The number of β-lactam (4-membered cyclic amide) rings is 1. The third-order valence-corrected chi connectivity index (χ3v) is 8.68. The number of hydrogen-bond donors (Lipinski definition) is 1. The lowest BCUT2D eigenvalue weighted by Gasteiger charge is -2.47. The Balaban J connectivity index is 1.55. The number of benzene rings is 2. The zero-order valence-electron chi connectivity index (χ0n) is 17.0. The number of aliphatic hydroxyl groups excluding tert-OH is 1. The van der Waals surface area contributed by atoms with E-state index in [1.807, 2.05) is 24.3 Å². The van der Waals surface area contributed by atoms with E-state index in [1.54, 1.807) is 19.1 Å². The molecule has 3 heterocycles. The van der Waals surface area contributed by atoms with Gasteiger partial charge in [-0.05, 0) is 34.9 Å². The number of rotatable bonds is 4. The van der Waals surface area contributed by atoms with Gasteiger partial charge in [0, 0.05) is 19.0 Å². The van der Waals surface area contributed by atoms with E-state index in [4.69, 9.17) is 0 Å². The molecule has 1 fully saturated rings. The maximum atomic E-state index is 13.2. The highest BCUT2D eigenvalue weighted by atomic mass is 32.2. The molecule has 3 aliphatic heterocycles. The lowest BCUT2D eigenvalue weighted by atomic mass is 9.78. The Labute approximate surface area is 179 Å². The lowest BCUT2D eigenvalue weighted by Crippen LogP contribution is -2.64. The molecule has 0 aliphatic carbocycles. The van der Waals surface area contributed by atoms with E-state index in [-0.39, 0.29) is 23.7 Å². The largest absolute Gasteiger partial charge is 0.543 e. The highest BCUT2D eigenvalue weighted by Gasteiger charge is 2.58. The van der Waals surface area contributed by atoms with Gasteiger partial charge in [-0.1, -0.05) is 37.3 Å². The average Bonchev–Trinajstić information content (AvgIpc) is 3.11. The molecule has 162 valence electrons. The van der Waals surface area contributed by atoms with E-state index >= 15 is 0 Å². The van der Waals surface area contributed by atoms with Crippen LogP contribution in [-0.2, 0) is 26.2 Å². The summed E-state index contributed by atoms with van der Waals surface area (Å²) in [7, 11) is -3.82. The zero-order chi connectivity index (χ0) is 22.2. The molecule has 1 N–H and O–H groups in total. The fraction of sp³-hybridized carbons (Fsp3) is 0.364. The topological polar surface area (TPSA) is 118 Å². The molecule has 4 atom stereocenters. The molecule has 0 saturated carbocycles. The predicted molar refractivity (Wildman–Crippen MR) is 109 cm³/mol. The first-order valence-electron chi connectivity index (χ1n) is 10.1. The SMILES string of the molecule is C[C@@H](O)[C@H]1C(=O)N2C(C(=O)[O-])=C(CN3Cc4c(ccc5ccccc45)S3(=O)=O)[C@H](C)[C@H]12. The summed E-state index contributed by atoms with van der Waals surface area (Å²) >= 11 is 0. The molecule has 1 amide bonds. The number of carboxylic acid groups (broad SMARTS) is 1. The summed E-state index contributed by atoms with van der Waals surface area (Å²) in [6, 6.07) is 10.3. The third kappa shape index (κ3) is 2.63. The highest BCUT2D eigenvalue weighted by Crippen LogP contribution is 2.48. The number of aliphatic carboxylic acids is 1. The summed E-state index contributed by atoms with van der Waals surface area (Å²) in [6.07, 6.45) is -0.926. The Bertz CT molecular complexity index is 1280. The Morgan fingerprint density at radius 2 is 1.97 bits per heavy atom. The van der Waals surface area contributed by atoms with Gasteiger partial charge in [-0.3, -0.25) is 4.79 Å². The van der Waals surface area contributed by atoms with E-state index in [9.17, 15) is 28.2 Å². The molecule has 0 radical (unpaired) electrons. The van der Waals surface area contributed by atoms with Crippen molar-refractivity contribution in [1.82, 2.24) is 9.21 Å². The van der Waals surface area contributed by atoms with Crippen LogP contribution in [0.25, 0.3) is 10.8 Å². The number of fused-ring (bicyclic) bond motifs is 4. The van der Waals surface area contributed by atoms with Crippen LogP contribution in [0.2, 0.25) is 0 Å². The maximum Gasteiger partial charge on any atom is 0.244 e. The predicted octanol–water partition coefficient (Wildman–Crippen LogP) is 0.206. The van der Waals surface area contributed by atoms with Gasteiger partial charge >= 0.3 is 0 Å². The number of nitrogens with zero attached hydrogens (tertiary/aromatic N) is 2. The minimum Gasteiger partial charge on any atom is -0.543 e. The van der Waals surface area contributed by atoms with E-state index in [2.05, 4.69) is 0 Å². The van der Waals surface area contributed by atoms with Gasteiger partial charge in [0.2, 0.25) is 15.9 Å². The molecule has 0 unspecified atom stereocenters. The number of carbonyl (C=O) groups excluding carboxylic acids is 2. The molecular formula is C22H21N2O6S-. The monoisotopic (exact) mass is 441 g/mol. The second kappa shape index (κ2) is 6.62. The summed E-state index contributed by atoms with van der Waals surface area (Å²) in [4.78, 5) is 25.8. The second-order valence-electron chi connectivity index (χ2n) is 8.45.